The Morgan fingerprint density at radius 1 is 1.19 bits per heavy atom. The number of aliphatic hydroxyl groups is 1. The van der Waals surface area contributed by atoms with Crippen LogP contribution in [-0.4, -0.2) is 30.5 Å². The lowest BCUT2D eigenvalue weighted by Gasteiger charge is -2.32. The number of para-hydroxylation sites is 2. The number of benzene rings is 1. The van der Waals surface area contributed by atoms with Gasteiger partial charge in [0, 0.05) is 0 Å². The molecule has 0 aromatic heterocycles. The second-order valence-electron chi connectivity index (χ2n) is 6.23. The third-order valence-corrected chi connectivity index (χ3v) is 4.42. The Balaban J connectivity index is 1.68. The molecule has 4 heteroatoms. The highest BCUT2D eigenvalue weighted by Gasteiger charge is 2.25. The summed E-state index contributed by atoms with van der Waals surface area (Å²) in [7, 11) is 0. The third kappa shape index (κ3) is 4.90. The van der Waals surface area contributed by atoms with Crippen molar-refractivity contribution in [2.45, 2.75) is 45.3 Å². The molecular formula is C17H27NO3. The van der Waals surface area contributed by atoms with Gasteiger partial charge in [0.25, 0.3) is 0 Å². The second kappa shape index (κ2) is 7.66. The summed E-state index contributed by atoms with van der Waals surface area (Å²) in [4.78, 5) is 0. The number of anilines is 1. The lowest BCUT2D eigenvalue weighted by atomic mass is 9.80. The standard InChI is InChI=1S/C17H27NO3/c1-12-7-8-15(9-13(12)2)20-10-14(19)11-21-17-6-4-3-5-16(17)18/h3-6,12-15,19H,7-11,18H2,1-2H3. The predicted octanol–water partition coefficient (Wildman–Crippen LogP) is 2.85. The summed E-state index contributed by atoms with van der Waals surface area (Å²) < 4.78 is 11.3. The Labute approximate surface area is 127 Å². The molecule has 118 valence electrons. The molecule has 1 aromatic rings. The number of nitrogen functional groups attached to an aromatic ring is 1. The Morgan fingerprint density at radius 2 is 1.95 bits per heavy atom. The molecule has 0 bridgehead atoms. The van der Waals surface area contributed by atoms with E-state index in [-0.39, 0.29) is 12.7 Å². The van der Waals surface area contributed by atoms with Gasteiger partial charge in [-0.15, -0.1) is 0 Å². The maximum atomic E-state index is 9.96. The predicted molar refractivity (Wildman–Crippen MR) is 84.3 cm³/mol. The van der Waals surface area contributed by atoms with Crippen molar-refractivity contribution in [3.05, 3.63) is 24.3 Å². The van der Waals surface area contributed by atoms with Crippen molar-refractivity contribution >= 4 is 5.69 Å². The van der Waals surface area contributed by atoms with Crippen molar-refractivity contribution in [1.29, 1.82) is 0 Å². The van der Waals surface area contributed by atoms with Crippen molar-refractivity contribution in [3.8, 4) is 5.75 Å². The molecule has 0 heterocycles. The van der Waals surface area contributed by atoms with E-state index in [2.05, 4.69) is 13.8 Å². The van der Waals surface area contributed by atoms with E-state index in [0.29, 0.717) is 24.0 Å². The largest absolute Gasteiger partial charge is 0.489 e. The summed E-state index contributed by atoms with van der Waals surface area (Å²) in [6.45, 7) is 5.09. The van der Waals surface area contributed by atoms with Gasteiger partial charge in [-0.25, -0.2) is 0 Å². The number of aliphatic hydroxyl groups excluding tert-OH is 1. The molecular weight excluding hydrogens is 266 g/mol. The van der Waals surface area contributed by atoms with Crippen molar-refractivity contribution in [1.82, 2.24) is 0 Å². The summed E-state index contributed by atoms with van der Waals surface area (Å²) in [5.41, 5.74) is 6.37. The zero-order valence-corrected chi connectivity index (χ0v) is 13.0. The molecule has 3 N–H and O–H groups in total. The van der Waals surface area contributed by atoms with Gasteiger partial charge in [-0.05, 0) is 43.2 Å². The van der Waals surface area contributed by atoms with E-state index in [9.17, 15) is 5.11 Å². The minimum Gasteiger partial charge on any atom is -0.489 e. The highest BCUT2D eigenvalue weighted by Crippen LogP contribution is 2.31. The maximum Gasteiger partial charge on any atom is 0.142 e. The first-order valence-corrected chi connectivity index (χ1v) is 7.83. The molecule has 1 aliphatic carbocycles. The molecule has 0 radical (unpaired) electrons. The zero-order chi connectivity index (χ0) is 15.2. The van der Waals surface area contributed by atoms with Crippen molar-refractivity contribution in [2.75, 3.05) is 18.9 Å². The lowest BCUT2D eigenvalue weighted by molar-refractivity contribution is -0.0488. The molecule has 0 aliphatic heterocycles. The first kappa shape index (κ1) is 16.1. The van der Waals surface area contributed by atoms with E-state index < -0.39 is 6.10 Å². The molecule has 1 aliphatic rings. The molecule has 1 aromatic carbocycles. The van der Waals surface area contributed by atoms with Crippen LogP contribution in [-0.2, 0) is 4.74 Å². The van der Waals surface area contributed by atoms with Gasteiger partial charge in [-0.3, -0.25) is 0 Å². The van der Waals surface area contributed by atoms with Crippen LogP contribution in [0.4, 0.5) is 5.69 Å². The summed E-state index contributed by atoms with van der Waals surface area (Å²) in [6, 6.07) is 7.29. The molecule has 0 saturated heterocycles. The van der Waals surface area contributed by atoms with Gasteiger partial charge >= 0.3 is 0 Å². The molecule has 4 unspecified atom stereocenters. The van der Waals surface area contributed by atoms with Crippen molar-refractivity contribution in [3.63, 3.8) is 0 Å². The molecule has 1 saturated carbocycles. The Morgan fingerprint density at radius 3 is 2.67 bits per heavy atom. The molecule has 0 amide bonds. The fraction of sp³-hybridized carbons (Fsp3) is 0.647. The number of rotatable bonds is 6. The van der Waals surface area contributed by atoms with Crippen LogP contribution in [0.1, 0.15) is 33.1 Å². The SMILES string of the molecule is CC1CCC(OCC(O)COc2ccccc2N)CC1C. The first-order valence-electron chi connectivity index (χ1n) is 7.83. The van der Waals surface area contributed by atoms with Gasteiger partial charge in [-0.2, -0.15) is 0 Å². The van der Waals surface area contributed by atoms with Gasteiger partial charge in [0.2, 0.25) is 0 Å². The normalized spacial score (nSPS) is 27.3. The van der Waals surface area contributed by atoms with Gasteiger partial charge in [0.15, 0.2) is 0 Å². The monoisotopic (exact) mass is 293 g/mol. The second-order valence-corrected chi connectivity index (χ2v) is 6.23. The fourth-order valence-electron chi connectivity index (χ4n) is 2.74. The lowest BCUT2D eigenvalue weighted by Crippen LogP contribution is -2.31. The van der Waals surface area contributed by atoms with Crippen LogP contribution < -0.4 is 10.5 Å². The number of nitrogens with two attached hydrogens (primary N) is 1. The van der Waals surface area contributed by atoms with E-state index in [0.717, 1.165) is 18.8 Å². The van der Waals surface area contributed by atoms with Crippen LogP contribution in [0.2, 0.25) is 0 Å². The molecule has 1 fully saturated rings. The van der Waals surface area contributed by atoms with Crippen LogP contribution in [0.25, 0.3) is 0 Å². The number of hydrogen-bond donors (Lipinski definition) is 2. The molecule has 21 heavy (non-hydrogen) atoms. The van der Waals surface area contributed by atoms with Gasteiger partial charge in [0.05, 0.1) is 18.4 Å². The third-order valence-electron chi connectivity index (χ3n) is 4.42. The molecule has 0 spiro atoms. The summed E-state index contributed by atoms with van der Waals surface area (Å²) in [5, 5.41) is 9.96. The smallest absolute Gasteiger partial charge is 0.142 e. The van der Waals surface area contributed by atoms with Crippen LogP contribution in [0.15, 0.2) is 24.3 Å². The van der Waals surface area contributed by atoms with Gasteiger partial charge < -0.3 is 20.3 Å². The maximum absolute atomic E-state index is 9.96. The summed E-state index contributed by atoms with van der Waals surface area (Å²) >= 11 is 0. The fourth-order valence-corrected chi connectivity index (χ4v) is 2.74. The average Bonchev–Trinajstić information content (AvgIpc) is 2.47. The van der Waals surface area contributed by atoms with E-state index in [1.165, 1.54) is 6.42 Å². The zero-order valence-electron chi connectivity index (χ0n) is 13.0. The Hall–Kier alpha value is -1.26. The van der Waals surface area contributed by atoms with E-state index >= 15 is 0 Å². The minimum atomic E-state index is -0.626. The summed E-state index contributed by atoms with van der Waals surface area (Å²) in [6.07, 6.45) is 3.02. The first-order chi connectivity index (χ1) is 10.1. The molecule has 4 atom stereocenters. The van der Waals surface area contributed by atoms with Crippen LogP contribution in [0.3, 0.4) is 0 Å². The average molecular weight is 293 g/mol. The Bertz CT molecular complexity index is 438. The molecule has 2 rings (SSSR count). The minimum absolute atomic E-state index is 0.201. The van der Waals surface area contributed by atoms with Crippen molar-refractivity contribution in [2.24, 2.45) is 11.8 Å². The summed E-state index contributed by atoms with van der Waals surface area (Å²) in [5.74, 6) is 2.08. The van der Waals surface area contributed by atoms with Crippen LogP contribution in [0, 0.1) is 11.8 Å². The molecule has 4 nitrogen and oxygen atoms in total. The van der Waals surface area contributed by atoms with Crippen LogP contribution in [0.5, 0.6) is 5.75 Å². The quantitative estimate of drug-likeness (QED) is 0.792. The van der Waals surface area contributed by atoms with Crippen molar-refractivity contribution < 1.29 is 14.6 Å². The van der Waals surface area contributed by atoms with E-state index in [4.69, 9.17) is 15.2 Å². The Kier molecular flexibility index (Phi) is 5.88. The topological polar surface area (TPSA) is 64.7 Å². The van der Waals surface area contributed by atoms with Gasteiger partial charge in [0.1, 0.15) is 18.5 Å². The van der Waals surface area contributed by atoms with E-state index in [1.807, 2.05) is 12.1 Å². The van der Waals surface area contributed by atoms with Gasteiger partial charge in [-0.1, -0.05) is 26.0 Å². The van der Waals surface area contributed by atoms with E-state index in [1.54, 1.807) is 12.1 Å². The number of hydrogen-bond acceptors (Lipinski definition) is 4. The number of ether oxygens (including phenoxy) is 2. The van der Waals surface area contributed by atoms with Crippen LogP contribution >= 0.6 is 0 Å². The highest BCUT2D eigenvalue weighted by molar-refractivity contribution is 5.51. The highest BCUT2D eigenvalue weighted by atomic mass is 16.5.